The summed E-state index contributed by atoms with van der Waals surface area (Å²) in [5, 5.41) is 11.6. The molecule has 112 valence electrons. The molecule has 9 heteroatoms. The summed E-state index contributed by atoms with van der Waals surface area (Å²) in [6.07, 6.45) is 0.504. The van der Waals surface area contributed by atoms with Crippen molar-refractivity contribution in [3.63, 3.8) is 0 Å². The summed E-state index contributed by atoms with van der Waals surface area (Å²) < 4.78 is 30.0. The molecule has 2 aromatic rings. The first-order valence-corrected chi connectivity index (χ1v) is 8.24. The molecule has 2 N–H and O–H groups in total. The average molecular weight is 309 g/mol. The average Bonchev–Trinajstić information content (AvgIpc) is 3.05. The summed E-state index contributed by atoms with van der Waals surface area (Å²) in [7, 11) is -1.46. The number of ether oxygens (including phenoxy) is 1. The van der Waals surface area contributed by atoms with Crippen molar-refractivity contribution in [2.75, 3.05) is 24.3 Å². The van der Waals surface area contributed by atoms with E-state index >= 15 is 0 Å². The van der Waals surface area contributed by atoms with Gasteiger partial charge in [-0.15, -0.1) is 5.10 Å². The van der Waals surface area contributed by atoms with Gasteiger partial charge in [-0.3, -0.25) is 0 Å². The second-order valence-corrected chi connectivity index (χ2v) is 7.19. The van der Waals surface area contributed by atoms with Crippen molar-refractivity contribution in [2.24, 2.45) is 0 Å². The van der Waals surface area contributed by atoms with Crippen LogP contribution < -0.4 is 10.5 Å². The van der Waals surface area contributed by atoms with Crippen LogP contribution in [0.5, 0.6) is 5.75 Å². The Balaban J connectivity index is 2.04. The molecular formula is C12H15N5O3S. The van der Waals surface area contributed by atoms with E-state index in [1.807, 2.05) is 0 Å². The second-order valence-electron chi connectivity index (χ2n) is 4.96. The van der Waals surface area contributed by atoms with Crippen LogP contribution >= 0.6 is 0 Å². The number of benzene rings is 1. The van der Waals surface area contributed by atoms with Gasteiger partial charge in [0.2, 0.25) is 0 Å². The van der Waals surface area contributed by atoms with E-state index in [9.17, 15) is 8.42 Å². The number of aromatic nitrogens is 4. The number of sulfone groups is 1. The molecule has 8 nitrogen and oxygen atoms in total. The third-order valence-corrected chi connectivity index (χ3v) is 5.30. The fraction of sp³-hybridized carbons (Fsp3) is 0.417. The lowest BCUT2D eigenvalue weighted by atomic mass is 10.1. The number of hydrogen-bond donors (Lipinski definition) is 1. The van der Waals surface area contributed by atoms with Crippen LogP contribution in [-0.4, -0.2) is 47.2 Å². The number of nitrogen functional groups attached to an aromatic ring is 1. The number of rotatable bonds is 3. The maximum absolute atomic E-state index is 11.6. The zero-order chi connectivity index (χ0) is 15.0. The van der Waals surface area contributed by atoms with Crippen LogP contribution in [0, 0.1) is 0 Å². The number of methoxy groups -OCH3 is 1. The third-order valence-electron chi connectivity index (χ3n) is 3.55. The highest BCUT2D eigenvalue weighted by Crippen LogP contribution is 2.31. The monoisotopic (exact) mass is 309 g/mol. The lowest BCUT2D eigenvalue weighted by Crippen LogP contribution is -2.14. The first-order valence-electron chi connectivity index (χ1n) is 6.42. The van der Waals surface area contributed by atoms with Gasteiger partial charge in [0.15, 0.2) is 15.7 Å². The van der Waals surface area contributed by atoms with Gasteiger partial charge in [0, 0.05) is 11.3 Å². The van der Waals surface area contributed by atoms with Crippen molar-refractivity contribution in [3.8, 4) is 17.1 Å². The molecular weight excluding hydrogens is 294 g/mol. The predicted molar refractivity (Wildman–Crippen MR) is 76.5 cm³/mol. The summed E-state index contributed by atoms with van der Waals surface area (Å²) in [6.45, 7) is 0. The molecule has 1 aliphatic rings. The number of tetrazole rings is 1. The largest absolute Gasteiger partial charge is 0.497 e. The van der Waals surface area contributed by atoms with E-state index in [1.54, 1.807) is 25.3 Å². The number of nitrogens with two attached hydrogens (primary N) is 1. The highest BCUT2D eigenvalue weighted by molar-refractivity contribution is 7.91. The second kappa shape index (κ2) is 4.99. The van der Waals surface area contributed by atoms with Gasteiger partial charge in [-0.05, 0) is 35.0 Å². The van der Waals surface area contributed by atoms with Crippen molar-refractivity contribution < 1.29 is 13.2 Å². The van der Waals surface area contributed by atoms with E-state index in [2.05, 4.69) is 15.5 Å². The predicted octanol–water partition coefficient (Wildman–Crippen LogP) is 0.290. The minimum atomic E-state index is -3.02. The van der Waals surface area contributed by atoms with Crippen LogP contribution in [0.1, 0.15) is 12.5 Å². The van der Waals surface area contributed by atoms with Crippen LogP contribution in [0.15, 0.2) is 18.2 Å². The quantitative estimate of drug-likeness (QED) is 0.811. The molecule has 2 heterocycles. The van der Waals surface area contributed by atoms with Crippen LogP contribution in [0.4, 0.5) is 5.69 Å². The van der Waals surface area contributed by atoms with E-state index in [0.29, 0.717) is 29.2 Å². The Labute approximate surface area is 121 Å². The Kier molecular flexibility index (Phi) is 3.28. The third kappa shape index (κ3) is 2.56. The summed E-state index contributed by atoms with van der Waals surface area (Å²) in [4.78, 5) is 0. The molecule has 1 aromatic heterocycles. The van der Waals surface area contributed by atoms with E-state index in [0.717, 1.165) is 0 Å². The maximum Gasteiger partial charge on any atom is 0.184 e. The van der Waals surface area contributed by atoms with Gasteiger partial charge >= 0.3 is 0 Å². The minimum Gasteiger partial charge on any atom is -0.497 e. The standard InChI is InChI=1S/C12H15N5O3S/c1-20-9-2-3-11(13)10(6-9)12-14-15-16-17(12)8-4-5-21(18,19)7-8/h2-3,6,8H,4-5,7,13H2,1H3. The zero-order valence-electron chi connectivity index (χ0n) is 11.4. The SMILES string of the molecule is COc1ccc(N)c(-c2nnnn2C2CCS(=O)(=O)C2)c1. The number of nitrogens with zero attached hydrogens (tertiary/aromatic N) is 4. The molecule has 1 unspecified atom stereocenters. The highest BCUT2D eigenvalue weighted by Gasteiger charge is 2.32. The Hall–Kier alpha value is -2.16. The van der Waals surface area contributed by atoms with Gasteiger partial charge in [-0.2, -0.15) is 0 Å². The molecule has 1 aromatic carbocycles. The fourth-order valence-corrected chi connectivity index (χ4v) is 4.13. The lowest BCUT2D eigenvalue weighted by molar-refractivity contribution is 0.415. The Morgan fingerprint density at radius 3 is 2.90 bits per heavy atom. The van der Waals surface area contributed by atoms with Crippen LogP contribution in [0.25, 0.3) is 11.4 Å². The topological polar surface area (TPSA) is 113 Å². The summed E-state index contributed by atoms with van der Waals surface area (Å²) >= 11 is 0. The molecule has 0 spiro atoms. The zero-order valence-corrected chi connectivity index (χ0v) is 12.2. The van der Waals surface area contributed by atoms with E-state index in [1.165, 1.54) is 4.68 Å². The first kappa shape index (κ1) is 13.8. The number of anilines is 1. The smallest absolute Gasteiger partial charge is 0.184 e. The molecule has 0 aliphatic carbocycles. The van der Waals surface area contributed by atoms with E-state index in [4.69, 9.17) is 10.5 Å². The first-order chi connectivity index (χ1) is 10.00. The lowest BCUT2D eigenvalue weighted by Gasteiger charge is -2.12. The fourth-order valence-electron chi connectivity index (χ4n) is 2.44. The van der Waals surface area contributed by atoms with Gasteiger partial charge in [0.1, 0.15) is 5.75 Å². The summed E-state index contributed by atoms with van der Waals surface area (Å²) in [6, 6.07) is 4.93. The van der Waals surface area contributed by atoms with Crippen LogP contribution in [-0.2, 0) is 9.84 Å². The Morgan fingerprint density at radius 2 is 2.24 bits per heavy atom. The van der Waals surface area contributed by atoms with Crippen molar-refractivity contribution in [3.05, 3.63) is 18.2 Å². The molecule has 1 fully saturated rings. The van der Waals surface area contributed by atoms with Crippen LogP contribution in [0.3, 0.4) is 0 Å². The summed E-state index contributed by atoms with van der Waals surface area (Å²) in [5.41, 5.74) is 7.11. The molecule has 0 saturated carbocycles. The normalized spacial score (nSPS) is 20.5. The molecule has 3 rings (SSSR count). The molecule has 1 aliphatic heterocycles. The van der Waals surface area contributed by atoms with Crippen molar-refractivity contribution in [2.45, 2.75) is 12.5 Å². The van der Waals surface area contributed by atoms with E-state index < -0.39 is 9.84 Å². The molecule has 21 heavy (non-hydrogen) atoms. The van der Waals surface area contributed by atoms with Crippen molar-refractivity contribution in [1.29, 1.82) is 0 Å². The van der Waals surface area contributed by atoms with Crippen molar-refractivity contribution in [1.82, 2.24) is 20.2 Å². The van der Waals surface area contributed by atoms with E-state index in [-0.39, 0.29) is 17.5 Å². The summed E-state index contributed by atoms with van der Waals surface area (Å²) in [5.74, 6) is 1.29. The molecule has 0 bridgehead atoms. The molecule has 1 saturated heterocycles. The number of hydrogen-bond acceptors (Lipinski definition) is 7. The van der Waals surface area contributed by atoms with Gasteiger partial charge in [-0.1, -0.05) is 0 Å². The van der Waals surface area contributed by atoms with Gasteiger partial charge in [-0.25, -0.2) is 13.1 Å². The Bertz CT molecular complexity index is 771. The maximum atomic E-state index is 11.6. The molecule has 0 amide bonds. The molecule has 1 atom stereocenters. The van der Waals surface area contributed by atoms with Gasteiger partial charge < -0.3 is 10.5 Å². The van der Waals surface area contributed by atoms with Crippen LogP contribution in [0.2, 0.25) is 0 Å². The Morgan fingerprint density at radius 1 is 1.43 bits per heavy atom. The van der Waals surface area contributed by atoms with Gasteiger partial charge in [0.25, 0.3) is 0 Å². The van der Waals surface area contributed by atoms with Gasteiger partial charge in [0.05, 0.1) is 24.7 Å². The highest BCUT2D eigenvalue weighted by atomic mass is 32.2. The minimum absolute atomic E-state index is 0.0505. The molecule has 0 radical (unpaired) electrons. The van der Waals surface area contributed by atoms with Crippen molar-refractivity contribution >= 4 is 15.5 Å².